The number of aryl methyl sites for hydroxylation is 5. The maximum absolute atomic E-state index is 13.3. The topological polar surface area (TPSA) is 142 Å². The number of benzene rings is 2. The van der Waals surface area contributed by atoms with Crippen LogP contribution in [0.5, 0.6) is 0 Å². The molecule has 1 atom stereocenters. The number of carbonyl (C=O) groups excluding carboxylic acids is 1. The summed E-state index contributed by atoms with van der Waals surface area (Å²) < 4.78 is 15.2. The Kier molecular flexibility index (Phi) is 8.19. The number of amides is 1. The molecule has 6 aromatic rings. The molecule has 7 rings (SSSR count). The van der Waals surface area contributed by atoms with Gasteiger partial charge in [-0.15, -0.1) is 10.2 Å². The summed E-state index contributed by atoms with van der Waals surface area (Å²) in [6.45, 7) is 3.75. The Morgan fingerprint density at radius 1 is 1.09 bits per heavy atom. The molecule has 2 N–H and O–H groups in total. The molecule has 1 amide bonds. The predicted octanol–water partition coefficient (Wildman–Crippen LogP) is 4.97. The zero-order valence-corrected chi connectivity index (χ0v) is 25.1. The highest BCUT2D eigenvalue weighted by Crippen LogP contribution is 2.36. The van der Waals surface area contributed by atoms with Gasteiger partial charge in [0, 0.05) is 53.9 Å². The smallest absolute Gasteiger partial charge is 0.251 e. The van der Waals surface area contributed by atoms with Gasteiger partial charge in [0.1, 0.15) is 18.2 Å². The van der Waals surface area contributed by atoms with Crippen molar-refractivity contribution in [2.45, 2.75) is 64.8 Å². The van der Waals surface area contributed by atoms with Crippen molar-refractivity contribution >= 4 is 16.8 Å². The van der Waals surface area contributed by atoms with E-state index in [1.165, 1.54) is 17.4 Å². The molecule has 12 nitrogen and oxygen atoms in total. The number of aromatic nitrogens is 8. The second kappa shape index (κ2) is 12.9. The van der Waals surface area contributed by atoms with Gasteiger partial charge in [0.2, 0.25) is 0 Å². The molecule has 1 saturated heterocycles. The van der Waals surface area contributed by atoms with E-state index in [1.54, 1.807) is 6.07 Å². The molecule has 0 aliphatic carbocycles. The fraction of sp³-hybridized carbons (Fsp3) is 0.333. The Bertz CT molecular complexity index is 1870. The average Bonchev–Trinajstić information content (AvgIpc) is 3.90. The summed E-state index contributed by atoms with van der Waals surface area (Å²) in [5.41, 5.74) is 8.00. The minimum atomic E-state index is -0.173. The minimum Gasteiger partial charge on any atom is -0.364 e. The normalized spacial score (nSPS) is 15.1. The van der Waals surface area contributed by atoms with Crippen molar-refractivity contribution in [2.24, 2.45) is 0 Å². The van der Waals surface area contributed by atoms with Gasteiger partial charge in [0.05, 0.1) is 18.4 Å². The Morgan fingerprint density at radius 2 is 2.00 bits per heavy atom. The maximum Gasteiger partial charge on any atom is 0.251 e. The number of nitrogens with one attached hydrogen (secondary N) is 2. The molecule has 5 heterocycles. The number of tetrazole rings is 1. The van der Waals surface area contributed by atoms with Crippen LogP contribution in [-0.4, -0.2) is 52.6 Å². The summed E-state index contributed by atoms with van der Waals surface area (Å²) in [5, 5.41) is 27.3. The zero-order valence-electron chi connectivity index (χ0n) is 25.1. The van der Waals surface area contributed by atoms with E-state index < -0.39 is 0 Å². The molecule has 1 aliphatic heterocycles. The van der Waals surface area contributed by atoms with Crippen LogP contribution in [0.25, 0.3) is 22.2 Å². The molecule has 1 aliphatic rings. The van der Waals surface area contributed by atoms with Crippen LogP contribution in [0.15, 0.2) is 71.7 Å². The first-order valence-electron chi connectivity index (χ1n) is 15.4. The monoisotopic (exact) mass is 605 g/mol. The van der Waals surface area contributed by atoms with Gasteiger partial charge >= 0.3 is 0 Å². The molecule has 0 bridgehead atoms. The van der Waals surface area contributed by atoms with Gasteiger partial charge in [-0.25, -0.2) is 4.68 Å². The lowest BCUT2D eigenvalue weighted by atomic mass is 9.98. The van der Waals surface area contributed by atoms with Crippen LogP contribution in [0.4, 0.5) is 0 Å². The Morgan fingerprint density at radius 3 is 2.78 bits per heavy atom. The number of H-pyrrole nitrogens is 1. The molecule has 4 aromatic heterocycles. The molecule has 12 heteroatoms. The highest BCUT2D eigenvalue weighted by atomic mass is 16.5. The fourth-order valence-corrected chi connectivity index (χ4v) is 6.06. The first-order valence-corrected chi connectivity index (χ1v) is 15.4. The fourth-order valence-electron chi connectivity index (χ4n) is 6.06. The quantitative estimate of drug-likeness (QED) is 0.211. The van der Waals surface area contributed by atoms with E-state index in [4.69, 9.17) is 14.4 Å². The van der Waals surface area contributed by atoms with Crippen LogP contribution in [0.2, 0.25) is 0 Å². The Labute approximate surface area is 259 Å². The second-order valence-electron chi connectivity index (χ2n) is 11.5. The summed E-state index contributed by atoms with van der Waals surface area (Å²) in [6.07, 6.45) is 10.8. The third kappa shape index (κ3) is 6.27. The van der Waals surface area contributed by atoms with Crippen LogP contribution in [0.3, 0.4) is 0 Å². The summed E-state index contributed by atoms with van der Waals surface area (Å²) in [5.74, 6) is 0.465. The first kappa shape index (κ1) is 28.7. The number of hydrogen-bond acceptors (Lipinski definition) is 8. The third-order valence-electron chi connectivity index (χ3n) is 8.41. The molecule has 0 saturated carbocycles. The number of ether oxygens (including phenoxy) is 1. The lowest BCUT2D eigenvalue weighted by Crippen LogP contribution is -2.22. The largest absolute Gasteiger partial charge is 0.364 e. The number of nitrogens with zero attached hydrogens (tertiary/aromatic N) is 7. The van der Waals surface area contributed by atoms with Crippen LogP contribution < -0.4 is 5.32 Å². The van der Waals surface area contributed by atoms with Crippen molar-refractivity contribution in [1.82, 2.24) is 45.4 Å². The lowest BCUT2D eigenvalue weighted by molar-refractivity contribution is -0.0394. The first-order chi connectivity index (χ1) is 22.1. The number of fused-ring (bicyclic) bond motifs is 1. The predicted molar refractivity (Wildman–Crippen MR) is 166 cm³/mol. The van der Waals surface area contributed by atoms with E-state index in [0.29, 0.717) is 30.0 Å². The van der Waals surface area contributed by atoms with E-state index in [9.17, 15) is 4.79 Å². The van der Waals surface area contributed by atoms with E-state index in [2.05, 4.69) is 73.1 Å². The highest BCUT2D eigenvalue weighted by Gasteiger charge is 2.24. The minimum absolute atomic E-state index is 0.0688. The molecule has 230 valence electrons. The summed E-state index contributed by atoms with van der Waals surface area (Å²) >= 11 is 0. The number of hydrogen-bond donors (Lipinski definition) is 2. The molecule has 2 aromatic carbocycles. The van der Waals surface area contributed by atoms with Crippen LogP contribution in [-0.2, 0) is 37.1 Å². The standard InChI is InChI=1S/C33H35N9O3/c1-22-5-7-23(8-6-22)9-11-27-28-18-24(33(43)34-20-26-14-17-45-38-26)10-12-29(28)41(15-13-30-36-39-40-37-30)32(27)25-19-35-42(21-25)31-4-2-3-16-44-31/h5-8,10,12,14,17-19,21,31H,2-4,9,11,13,15-16,20H2,1H3,(H,34,43)(H,36,37,39,40). The van der Waals surface area contributed by atoms with Crippen LogP contribution in [0.1, 0.15) is 64.1 Å². The highest BCUT2D eigenvalue weighted by molar-refractivity contribution is 6.00. The SMILES string of the molecule is Cc1ccc(CCc2c(-c3cnn(C4CCCCO4)c3)n(CCc3nn[nH]n3)c3ccc(C(=O)NCc4ccon4)cc23)cc1. The summed E-state index contributed by atoms with van der Waals surface area (Å²) in [4.78, 5) is 13.3. The van der Waals surface area contributed by atoms with E-state index in [-0.39, 0.29) is 18.7 Å². The second-order valence-corrected chi connectivity index (χ2v) is 11.5. The van der Waals surface area contributed by atoms with Crippen molar-refractivity contribution in [1.29, 1.82) is 0 Å². The van der Waals surface area contributed by atoms with Crippen molar-refractivity contribution in [3.63, 3.8) is 0 Å². The van der Waals surface area contributed by atoms with Gasteiger partial charge in [0.25, 0.3) is 5.91 Å². The molecule has 1 fully saturated rings. The van der Waals surface area contributed by atoms with Gasteiger partial charge < -0.3 is 19.1 Å². The Balaban J connectivity index is 1.31. The molecule has 45 heavy (non-hydrogen) atoms. The molecule has 1 unspecified atom stereocenters. The van der Waals surface area contributed by atoms with E-state index in [1.807, 2.05) is 29.1 Å². The Hall–Kier alpha value is -5.10. The number of aromatic amines is 1. The van der Waals surface area contributed by atoms with Crippen molar-refractivity contribution in [2.75, 3.05) is 6.61 Å². The van der Waals surface area contributed by atoms with Crippen molar-refractivity contribution in [3.8, 4) is 11.3 Å². The summed E-state index contributed by atoms with van der Waals surface area (Å²) in [6, 6.07) is 16.3. The van der Waals surface area contributed by atoms with Crippen LogP contribution in [0, 0.1) is 6.92 Å². The van der Waals surface area contributed by atoms with Gasteiger partial charge in [-0.2, -0.15) is 10.3 Å². The average molecular weight is 606 g/mol. The third-order valence-corrected chi connectivity index (χ3v) is 8.41. The molecular formula is C33H35N9O3. The maximum atomic E-state index is 13.3. The lowest BCUT2D eigenvalue weighted by Gasteiger charge is -2.22. The van der Waals surface area contributed by atoms with Gasteiger partial charge in [-0.05, 0) is 68.4 Å². The van der Waals surface area contributed by atoms with Crippen molar-refractivity contribution in [3.05, 3.63) is 101 Å². The molecular weight excluding hydrogens is 570 g/mol. The van der Waals surface area contributed by atoms with E-state index in [0.717, 1.165) is 66.4 Å². The van der Waals surface area contributed by atoms with Crippen LogP contribution >= 0.6 is 0 Å². The summed E-state index contributed by atoms with van der Waals surface area (Å²) in [7, 11) is 0. The number of carbonyl (C=O) groups is 1. The van der Waals surface area contributed by atoms with Gasteiger partial charge in [0.15, 0.2) is 5.82 Å². The van der Waals surface area contributed by atoms with Crippen molar-refractivity contribution < 1.29 is 14.1 Å². The molecule has 0 radical (unpaired) electrons. The number of rotatable bonds is 11. The van der Waals surface area contributed by atoms with Gasteiger partial charge in [-0.1, -0.05) is 40.2 Å². The van der Waals surface area contributed by atoms with E-state index >= 15 is 0 Å². The molecule has 0 spiro atoms. The zero-order chi connectivity index (χ0) is 30.6. The van der Waals surface area contributed by atoms with Gasteiger partial charge in [-0.3, -0.25) is 4.79 Å².